The number of benzene rings is 1. The van der Waals surface area contributed by atoms with Gasteiger partial charge in [-0.05, 0) is 39.3 Å². The van der Waals surface area contributed by atoms with Crippen molar-refractivity contribution in [1.82, 2.24) is 10.5 Å². The molecule has 1 unspecified atom stereocenters. The van der Waals surface area contributed by atoms with Gasteiger partial charge in [-0.1, -0.05) is 35.0 Å². The Hall–Kier alpha value is -2.34. The van der Waals surface area contributed by atoms with Crippen LogP contribution in [0.1, 0.15) is 48.9 Å². The number of carbonyl (C=O) groups excluding carboxylic acids is 2. The first kappa shape index (κ1) is 20.0. The number of esters is 1. The normalized spacial score (nSPS) is 12.1. The Kier molecular flexibility index (Phi) is 6.80. The molecule has 0 saturated carbocycles. The summed E-state index contributed by atoms with van der Waals surface area (Å²) < 4.78 is 10.3. The molecule has 0 saturated heterocycles. The first-order valence-electron chi connectivity index (χ1n) is 8.43. The molecule has 0 aliphatic rings. The molecule has 2 aromatic rings. The fourth-order valence-electron chi connectivity index (χ4n) is 2.63. The maximum atomic E-state index is 12.5. The maximum absolute atomic E-state index is 12.5. The van der Waals surface area contributed by atoms with Crippen LogP contribution in [0.3, 0.4) is 0 Å². The number of aromatic nitrogens is 1. The van der Waals surface area contributed by atoms with Crippen molar-refractivity contribution in [1.29, 1.82) is 0 Å². The summed E-state index contributed by atoms with van der Waals surface area (Å²) >= 11 is 6.26. The van der Waals surface area contributed by atoms with Gasteiger partial charge in [0.25, 0.3) is 0 Å². The SMILES string of the molecule is Cc1noc(C)c1CC(=O)NC(CC(=O)OC(C)C)c1ccccc1Cl. The van der Waals surface area contributed by atoms with Gasteiger partial charge in [0.15, 0.2) is 0 Å². The molecule has 26 heavy (non-hydrogen) atoms. The summed E-state index contributed by atoms with van der Waals surface area (Å²) in [7, 11) is 0. The molecule has 0 aliphatic carbocycles. The number of nitrogens with zero attached hydrogens (tertiary/aromatic N) is 1. The second kappa shape index (κ2) is 8.85. The monoisotopic (exact) mass is 378 g/mol. The molecule has 0 bridgehead atoms. The lowest BCUT2D eigenvalue weighted by molar-refractivity contribution is -0.148. The molecule has 6 nitrogen and oxygen atoms in total. The van der Waals surface area contributed by atoms with Crippen molar-refractivity contribution in [3.8, 4) is 0 Å². The zero-order chi connectivity index (χ0) is 19.3. The van der Waals surface area contributed by atoms with Crippen LogP contribution in [-0.2, 0) is 20.7 Å². The van der Waals surface area contributed by atoms with E-state index in [2.05, 4.69) is 10.5 Å². The smallest absolute Gasteiger partial charge is 0.308 e. The van der Waals surface area contributed by atoms with Crippen LogP contribution in [0.2, 0.25) is 5.02 Å². The zero-order valence-electron chi connectivity index (χ0n) is 15.3. The number of aryl methyl sites for hydroxylation is 2. The van der Waals surface area contributed by atoms with E-state index in [0.29, 0.717) is 22.0 Å². The topological polar surface area (TPSA) is 81.4 Å². The van der Waals surface area contributed by atoms with Gasteiger partial charge in [-0.15, -0.1) is 0 Å². The standard InChI is InChI=1S/C19H23ClN2O4/c1-11(2)25-19(24)10-17(14-7-5-6-8-16(14)20)21-18(23)9-15-12(3)22-26-13(15)4/h5-8,11,17H,9-10H2,1-4H3,(H,21,23). The number of amides is 1. The fourth-order valence-corrected chi connectivity index (χ4v) is 2.90. The van der Waals surface area contributed by atoms with Gasteiger partial charge in [0.2, 0.25) is 5.91 Å². The van der Waals surface area contributed by atoms with E-state index in [1.54, 1.807) is 45.9 Å². The van der Waals surface area contributed by atoms with Crippen molar-refractivity contribution in [3.05, 3.63) is 51.9 Å². The molecule has 1 amide bonds. The molecule has 0 aliphatic heterocycles. The number of carbonyl (C=O) groups is 2. The largest absolute Gasteiger partial charge is 0.463 e. The molecule has 1 aromatic heterocycles. The number of rotatable bonds is 7. The van der Waals surface area contributed by atoms with Crippen LogP contribution < -0.4 is 5.32 Å². The average molecular weight is 379 g/mol. The second-order valence-electron chi connectivity index (χ2n) is 6.36. The second-order valence-corrected chi connectivity index (χ2v) is 6.77. The summed E-state index contributed by atoms with van der Waals surface area (Å²) in [5.41, 5.74) is 2.08. The molecule has 140 valence electrons. The van der Waals surface area contributed by atoms with Crippen molar-refractivity contribution in [2.45, 2.75) is 52.7 Å². The van der Waals surface area contributed by atoms with Crippen LogP contribution in [0.4, 0.5) is 0 Å². The van der Waals surface area contributed by atoms with Crippen molar-refractivity contribution < 1.29 is 18.8 Å². The minimum atomic E-state index is -0.581. The van der Waals surface area contributed by atoms with E-state index >= 15 is 0 Å². The van der Waals surface area contributed by atoms with Gasteiger partial charge >= 0.3 is 5.97 Å². The highest BCUT2D eigenvalue weighted by atomic mass is 35.5. The third-order valence-electron chi connectivity index (χ3n) is 3.87. The number of hydrogen-bond donors (Lipinski definition) is 1. The van der Waals surface area contributed by atoms with Crippen LogP contribution >= 0.6 is 11.6 Å². The van der Waals surface area contributed by atoms with Crippen LogP contribution in [0.25, 0.3) is 0 Å². The molecule has 2 rings (SSSR count). The number of hydrogen-bond acceptors (Lipinski definition) is 5. The van der Waals surface area contributed by atoms with Crippen molar-refractivity contribution in [3.63, 3.8) is 0 Å². The van der Waals surface area contributed by atoms with E-state index in [9.17, 15) is 9.59 Å². The molecule has 0 radical (unpaired) electrons. The summed E-state index contributed by atoms with van der Waals surface area (Å²) in [6.45, 7) is 7.09. The van der Waals surface area contributed by atoms with E-state index in [0.717, 1.165) is 5.56 Å². The molecule has 0 fully saturated rings. The van der Waals surface area contributed by atoms with Gasteiger partial charge in [0.1, 0.15) is 5.76 Å². The van der Waals surface area contributed by atoms with E-state index in [1.807, 2.05) is 6.07 Å². The maximum Gasteiger partial charge on any atom is 0.308 e. The molecule has 0 spiro atoms. The average Bonchev–Trinajstić information content (AvgIpc) is 2.86. The number of halogens is 1. The lowest BCUT2D eigenvalue weighted by atomic mass is 10.0. The summed E-state index contributed by atoms with van der Waals surface area (Å²) in [6.07, 6.45) is -0.122. The first-order chi connectivity index (χ1) is 12.3. The van der Waals surface area contributed by atoms with Crippen molar-refractivity contribution in [2.24, 2.45) is 0 Å². The Labute approximate surface area is 157 Å². The Morgan fingerprint density at radius 3 is 2.54 bits per heavy atom. The van der Waals surface area contributed by atoms with E-state index in [-0.39, 0.29) is 24.9 Å². The highest BCUT2D eigenvalue weighted by Crippen LogP contribution is 2.26. The Bertz CT molecular complexity index is 766. The number of ether oxygens (including phenoxy) is 1. The Morgan fingerprint density at radius 1 is 1.27 bits per heavy atom. The third kappa shape index (κ3) is 5.33. The van der Waals surface area contributed by atoms with E-state index in [4.69, 9.17) is 20.9 Å². The predicted octanol–water partition coefficient (Wildman–Crippen LogP) is 3.69. The van der Waals surface area contributed by atoms with Crippen LogP contribution in [0.15, 0.2) is 28.8 Å². The summed E-state index contributed by atoms with van der Waals surface area (Å²) in [6, 6.07) is 6.52. The molecule has 1 aromatic carbocycles. The lowest BCUT2D eigenvalue weighted by Gasteiger charge is -2.20. The fraction of sp³-hybridized carbons (Fsp3) is 0.421. The molecule has 1 heterocycles. The van der Waals surface area contributed by atoms with Crippen LogP contribution in [0.5, 0.6) is 0 Å². The minimum Gasteiger partial charge on any atom is -0.463 e. The van der Waals surface area contributed by atoms with Crippen LogP contribution in [0, 0.1) is 13.8 Å². The lowest BCUT2D eigenvalue weighted by Crippen LogP contribution is -2.32. The molecular formula is C19H23ClN2O4. The first-order valence-corrected chi connectivity index (χ1v) is 8.80. The van der Waals surface area contributed by atoms with Crippen molar-refractivity contribution in [2.75, 3.05) is 0 Å². The van der Waals surface area contributed by atoms with Crippen molar-refractivity contribution >= 4 is 23.5 Å². The van der Waals surface area contributed by atoms with Crippen LogP contribution in [-0.4, -0.2) is 23.1 Å². The summed E-state index contributed by atoms with van der Waals surface area (Å²) in [5.74, 6) is -0.0459. The van der Waals surface area contributed by atoms with Gasteiger partial charge in [0.05, 0.1) is 30.7 Å². The van der Waals surface area contributed by atoms with Gasteiger partial charge < -0.3 is 14.6 Å². The molecular weight excluding hydrogens is 356 g/mol. The molecule has 1 N–H and O–H groups in total. The molecule has 7 heteroatoms. The Balaban J connectivity index is 2.17. The van der Waals surface area contributed by atoms with E-state index in [1.165, 1.54) is 0 Å². The third-order valence-corrected chi connectivity index (χ3v) is 4.22. The van der Waals surface area contributed by atoms with E-state index < -0.39 is 12.0 Å². The molecule has 1 atom stereocenters. The summed E-state index contributed by atoms with van der Waals surface area (Å²) in [5, 5.41) is 7.21. The zero-order valence-corrected chi connectivity index (χ0v) is 16.1. The predicted molar refractivity (Wildman–Crippen MR) is 97.9 cm³/mol. The number of nitrogens with one attached hydrogen (secondary N) is 1. The van der Waals surface area contributed by atoms with Gasteiger partial charge in [-0.25, -0.2) is 0 Å². The highest BCUT2D eigenvalue weighted by Gasteiger charge is 2.23. The Morgan fingerprint density at radius 2 is 1.96 bits per heavy atom. The van der Waals surface area contributed by atoms with Gasteiger partial charge in [0, 0.05) is 10.6 Å². The summed E-state index contributed by atoms with van der Waals surface area (Å²) in [4.78, 5) is 24.7. The quantitative estimate of drug-likeness (QED) is 0.743. The highest BCUT2D eigenvalue weighted by molar-refractivity contribution is 6.31. The van der Waals surface area contributed by atoms with Gasteiger partial charge in [-0.3, -0.25) is 9.59 Å². The van der Waals surface area contributed by atoms with Gasteiger partial charge in [-0.2, -0.15) is 0 Å². The minimum absolute atomic E-state index is 0.00471.